The second-order valence-electron chi connectivity index (χ2n) is 6.71. The molecule has 2 aromatic heterocycles. The van der Waals surface area contributed by atoms with Crippen LogP contribution >= 0.6 is 11.3 Å². The standard InChI is InChI=1S/C19H22N2O3S/c1-11(2)24-19(23)16-14-7-6-12(3)9-15(14)25-18(16)21-17(22)13-5-4-8-20-10-13/h4-5,8,10-12H,6-7,9H2,1-3H3,(H,21,22)/t12-/m1/s1. The summed E-state index contributed by atoms with van der Waals surface area (Å²) in [6, 6.07) is 3.41. The molecule has 1 N–H and O–H groups in total. The van der Waals surface area contributed by atoms with Gasteiger partial charge in [0.15, 0.2) is 0 Å². The molecule has 0 fully saturated rings. The number of amides is 1. The van der Waals surface area contributed by atoms with E-state index in [0.717, 1.165) is 24.8 Å². The van der Waals surface area contributed by atoms with Crippen LogP contribution in [0.25, 0.3) is 0 Å². The van der Waals surface area contributed by atoms with Crippen molar-refractivity contribution in [1.82, 2.24) is 4.98 Å². The predicted molar refractivity (Wildman–Crippen MR) is 98.2 cm³/mol. The van der Waals surface area contributed by atoms with Gasteiger partial charge in [-0.15, -0.1) is 11.3 Å². The fourth-order valence-corrected chi connectivity index (χ4v) is 4.39. The number of ether oxygens (including phenoxy) is 1. The van der Waals surface area contributed by atoms with E-state index >= 15 is 0 Å². The molecule has 6 heteroatoms. The number of hydrogen-bond acceptors (Lipinski definition) is 5. The van der Waals surface area contributed by atoms with Crippen LogP contribution in [0.15, 0.2) is 24.5 Å². The lowest BCUT2D eigenvalue weighted by molar-refractivity contribution is 0.0378. The first-order chi connectivity index (χ1) is 12.0. The fraction of sp³-hybridized carbons (Fsp3) is 0.421. The number of fused-ring (bicyclic) bond motifs is 1. The largest absolute Gasteiger partial charge is 0.459 e. The van der Waals surface area contributed by atoms with Crippen LogP contribution in [-0.2, 0) is 17.6 Å². The number of esters is 1. The normalized spacial score (nSPS) is 16.4. The van der Waals surface area contributed by atoms with Gasteiger partial charge < -0.3 is 10.1 Å². The smallest absolute Gasteiger partial charge is 0.341 e. The van der Waals surface area contributed by atoms with Crippen LogP contribution in [-0.4, -0.2) is 23.0 Å². The molecule has 0 saturated heterocycles. The van der Waals surface area contributed by atoms with Gasteiger partial charge in [0.25, 0.3) is 5.91 Å². The Morgan fingerprint density at radius 3 is 2.88 bits per heavy atom. The molecule has 1 aliphatic carbocycles. The summed E-state index contributed by atoms with van der Waals surface area (Å²) in [6.45, 7) is 5.86. The maximum Gasteiger partial charge on any atom is 0.341 e. The van der Waals surface area contributed by atoms with Gasteiger partial charge in [0.2, 0.25) is 0 Å². The average molecular weight is 358 g/mol. The summed E-state index contributed by atoms with van der Waals surface area (Å²) >= 11 is 1.49. The van der Waals surface area contributed by atoms with Gasteiger partial charge in [-0.2, -0.15) is 0 Å². The summed E-state index contributed by atoms with van der Waals surface area (Å²) < 4.78 is 5.42. The van der Waals surface area contributed by atoms with E-state index in [4.69, 9.17) is 4.74 Å². The number of nitrogens with one attached hydrogen (secondary N) is 1. The molecule has 0 spiro atoms. The van der Waals surface area contributed by atoms with E-state index in [9.17, 15) is 9.59 Å². The molecule has 1 atom stereocenters. The van der Waals surface area contributed by atoms with Gasteiger partial charge in [0.1, 0.15) is 5.00 Å². The summed E-state index contributed by atoms with van der Waals surface area (Å²) in [5.74, 6) is -0.0381. The second kappa shape index (κ2) is 7.35. The van der Waals surface area contributed by atoms with Gasteiger partial charge in [-0.1, -0.05) is 6.92 Å². The first-order valence-electron chi connectivity index (χ1n) is 8.52. The van der Waals surface area contributed by atoms with Gasteiger partial charge >= 0.3 is 5.97 Å². The minimum absolute atomic E-state index is 0.201. The van der Waals surface area contributed by atoms with Crippen molar-refractivity contribution in [3.63, 3.8) is 0 Å². The van der Waals surface area contributed by atoms with E-state index in [1.807, 2.05) is 13.8 Å². The fourth-order valence-electron chi connectivity index (χ4n) is 3.00. The molecule has 1 amide bonds. The Labute approximate surface area is 151 Å². The Morgan fingerprint density at radius 2 is 2.20 bits per heavy atom. The number of pyridine rings is 1. The van der Waals surface area contributed by atoms with Crippen LogP contribution in [0.1, 0.15) is 58.3 Å². The Hall–Kier alpha value is -2.21. The van der Waals surface area contributed by atoms with Gasteiger partial charge in [0.05, 0.1) is 17.2 Å². The third-order valence-corrected chi connectivity index (χ3v) is 5.38. The number of hydrogen-bond donors (Lipinski definition) is 1. The van der Waals surface area contributed by atoms with Crippen LogP contribution in [0.5, 0.6) is 0 Å². The molecule has 0 aromatic carbocycles. The number of rotatable bonds is 4. The van der Waals surface area contributed by atoms with E-state index in [1.165, 1.54) is 22.4 Å². The zero-order chi connectivity index (χ0) is 18.0. The highest BCUT2D eigenvalue weighted by Crippen LogP contribution is 2.40. The van der Waals surface area contributed by atoms with Crippen LogP contribution < -0.4 is 5.32 Å². The van der Waals surface area contributed by atoms with Gasteiger partial charge in [-0.25, -0.2) is 4.79 Å². The van der Waals surface area contributed by atoms with E-state index in [1.54, 1.807) is 18.3 Å². The molecule has 0 bridgehead atoms. The molecule has 0 radical (unpaired) electrons. The molecule has 132 valence electrons. The van der Waals surface area contributed by atoms with Crippen molar-refractivity contribution in [3.05, 3.63) is 46.1 Å². The monoisotopic (exact) mass is 358 g/mol. The van der Waals surface area contributed by atoms with Crippen molar-refractivity contribution < 1.29 is 14.3 Å². The molecule has 0 saturated carbocycles. The number of carbonyl (C=O) groups is 2. The van der Waals surface area contributed by atoms with Crippen molar-refractivity contribution in [2.24, 2.45) is 5.92 Å². The highest BCUT2D eigenvalue weighted by atomic mass is 32.1. The minimum atomic E-state index is -0.358. The number of nitrogens with zero attached hydrogens (tertiary/aromatic N) is 1. The summed E-state index contributed by atoms with van der Waals surface area (Å²) in [7, 11) is 0. The van der Waals surface area contributed by atoms with Crippen LogP contribution in [0.4, 0.5) is 5.00 Å². The molecule has 1 aliphatic rings. The molecular formula is C19H22N2O3S. The van der Waals surface area contributed by atoms with E-state index < -0.39 is 0 Å². The summed E-state index contributed by atoms with van der Waals surface area (Å²) in [6.07, 6.45) is 5.75. The van der Waals surface area contributed by atoms with E-state index in [-0.39, 0.29) is 18.0 Å². The van der Waals surface area contributed by atoms with Crippen LogP contribution in [0.3, 0.4) is 0 Å². The third-order valence-electron chi connectivity index (χ3n) is 4.21. The number of thiophene rings is 1. The molecule has 2 aromatic rings. The number of carbonyl (C=O) groups excluding carboxylic acids is 2. The van der Waals surface area contributed by atoms with Crippen LogP contribution in [0.2, 0.25) is 0 Å². The Morgan fingerprint density at radius 1 is 1.40 bits per heavy atom. The summed E-state index contributed by atoms with van der Waals surface area (Å²) in [4.78, 5) is 30.3. The summed E-state index contributed by atoms with van der Waals surface area (Å²) in [5, 5.41) is 3.47. The van der Waals surface area contributed by atoms with Gasteiger partial charge in [-0.05, 0) is 56.7 Å². The van der Waals surface area contributed by atoms with Crippen LogP contribution in [0, 0.1) is 5.92 Å². The van der Waals surface area contributed by atoms with Crippen molar-refractivity contribution in [2.75, 3.05) is 5.32 Å². The second-order valence-corrected chi connectivity index (χ2v) is 7.81. The van der Waals surface area contributed by atoms with Gasteiger partial charge in [0, 0.05) is 17.3 Å². The van der Waals surface area contributed by atoms with Crippen molar-refractivity contribution in [2.45, 2.75) is 46.1 Å². The maximum absolute atomic E-state index is 12.6. The Bertz CT molecular complexity index is 783. The number of aromatic nitrogens is 1. The van der Waals surface area contributed by atoms with E-state index in [0.29, 0.717) is 22.0 Å². The first kappa shape index (κ1) is 17.6. The average Bonchev–Trinajstić information content (AvgIpc) is 2.91. The summed E-state index contributed by atoms with van der Waals surface area (Å²) in [5.41, 5.74) is 2.03. The van der Waals surface area contributed by atoms with E-state index in [2.05, 4.69) is 17.2 Å². The lowest BCUT2D eigenvalue weighted by Crippen LogP contribution is -2.18. The Balaban J connectivity index is 1.94. The SMILES string of the molecule is CC(C)OC(=O)c1c(NC(=O)c2cccnc2)sc2c1CC[C@@H](C)C2. The quantitative estimate of drug-likeness (QED) is 0.836. The molecule has 2 heterocycles. The molecule has 0 aliphatic heterocycles. The Kier molecular flexibility index (Phi) is 5.18. The number of anilines is 1. The predicted octanol–water partition coefficient (Wildman–Crippen LogP) is 4.09. The maximum atomic E-state index is 12.6. The third kappa shape index (κ3) is 3.90. The van der Waals surface area contributed by atoms with Crippen molar-refractivity contribution in [1.29, 1.82) is 0 Å². The highest BCUT2D eigenvalue weighted by Gasteiger charge is 2.29. The zero-order valence-corrected chi connectivity index (χ0v) is 15.5. The topological polar surface area (TPSA) is 68.3 Å². The first-order valence-corrected chi connectivity index (χ1v) is 9.34. The van der Waals surface area contributed by atoms with Gasteiger partial charge in [-0.3, -0.25) is 9.78 Å². The van der Waals surface area contributed by atoms with Crippen molar-refractivity contribution in [3.8, 4) is 0 Å². The molecule has 25 heavy (non-hydrogen) atoms. The van der Waals surface area contributed by atoms with Crippen molar-refractivity contribution >= 4 is 28.2 Å². The molecular weight excluding hydrogens is 336 g/mol. The highest BCUT2D eigenvalue weighted by molar-refractivity contribution is 7.17. The molecule has 3 rings (SSSR count). The molecule has 5 nitrogen and oxygen atoms in total. The molecule has 0 unspecified atom stereocenters. The minimum Gasteiger partial charge on any atom is -0.459 e. The lowest BCUT2D eigenvalue weighted by Gasteiger charge is -2.18. The zero-order valence-electron chi connectivity index (χ0n) is 14.7. The lowest BCUT2D eigenvalue weighted by atomic mass is 9.88.